The number of rotatable bonds is 7. The van der Waals surface area contributed by atoms with Crippen LogP contribution in [0.3, 0.4) is 0 Å². The molecule has 0 radical (unpaired) electrons. The Hall–Kier alpha value is -1.84. The molecule has 1 N–H and O–H groups in total. The van der Waals surface area contributed by atoms with Crippen LogP contribution in [0.1, 0.15) is 11.1 Å². The molecule has 0 aliphatic rings. The van der Waals surface area contributed by atoms with Crippen molar-refractivity contribution in [3.05, 3.63) is 65.7 Å². The molecular formula is C16H18O3. The Labute approximate surface area is 113 Å². The third kappa shape index (κ3) is 4.39. The van der Waals surface area contributed by atoms with Crippen LogP contribution >= 0.6 is 0 Å². The minimum Gasteiger partial charge on any atom is -0.467 e. The Morgan fingerprint density at radius 1 is 0.895 bits per heavy atom. The number of para-hydroxylation sites is 1. The highest BCUT2D eigenvalue weighted by molar-refractivity contribution is 5.33. The first-order valence-electron chi connectivity index (χ1n) is 6.33. The third-order valence-corrected chi connectivity index (χ3v) is 2.76. The molecule has 0 bridgehead atoms. The second-order valence-electron chi connectivity index (χ2n) is 4.18. The largest absolute Gasteiger partial charge is 0.467 e. The summed E-state index contributed by atoms with van der Waals surface area (Å²) >= 11 is 0. The quantitative estimate of drug-likeness (QED) is 0.613. The molecule has 100 valence electrons. The molecule has 0 aliphatic heterocycles. The van der Waals surface area contributed by atoms with Crippen LogP contribution in [0.5, 0.6) is 5.75 Å². The normalized spacial score (nSPS) is 10.4. The number of hydrogen-bond acceptors (Lipinski definition) is 3. The molecular weight excluding hydrogens is 240 g/mol. The summed E-state index contributed by atoms with van der Waals surface area (Å²) in [6.45, 7) is 0.853. The van der Waals surface area contributed by atoms with Gasteiger partial charge in [-0.15, -0.1) is 0 Å². The van der Waals surface area contributed by atoms with Gasteiger partial charge in [0.15, 0.2) is 6.79 Å². The maximum atomic E-state index is 8.98. The molecule has 19 heavy (non-hydrogen) atoms. The Morgan fingerprint density at radius 2 is 1.63 bits per heavy atom. The van der Waals surface area contributed by atoms with Gasteiger partial charge in [0.05, 0.1) is 6.61 Å². The molecule has 0 aromatic heterocycles. The van der Waals surface area contributed by atoms with Crippen LogP contribution in [0.4, 0.5) is 0 Å². The Kier molecular flexibility index (Phi) is 5.41. The first kappa shape index (κ1) is 13.6. The number of aliphatic hydroxyl groups is 1. The van der Waals surface area contributed by atoms with Gasteiger partial charge in [0.25, 0.3) is 0 Å². The first-order valence-corrected chi connectivity index (χ1v) is 6.33. The van der Waals surface area contributed by atoms with Crippen LogP contribution in [0.25, 0.3) is 0 Å². The molecule has 0 saturated heterocycles. The molecule has 2 aromatic rings. The zero-order valence-corrected chi connectivity index (χ0v) is 10.8. The molecule has 2 aromatic carbocycles. The summed E-state index contributed by atoms with van der Waals surface area (Å²) in [5, 5.41) is 8.98. The zero-order valence-electron chi connectivity index (χ0n) is 10.8. The van der Waals surface area contributed by atoms with Gasteiger partial charge in [-0.05, 0) is 23.6 Å². The highest BCUT2D eigenvalue weighted by atomic mass is 16.7. The van der Waals surface area contributed by atoms with Crippen LogP contribution in [0, 0.1) is 0 Å². The van der Waals surface area contributed by atoms with E-state index >= 15 is 0 Å². The van der Waals surface area contributed by atoms with Gasteiger partial charge in [-0.2, -0.15) is 0 Å². The lowest BCUT2D eigenvalue weighted by molar-refractivity contribution is 0.00444. The number of hydrogen-bond donors (Lipinski definition) is 1. The fourth-order valence-electron chi connectivity index (χ4n) is 1.81. The first-order chi connectivity index (χ1) is 9.40. The SMILES string of the molecule is OCCc1ccccc1OCOCc1ccccc1. The standard InChI is InChI=1S/C16H18O3/c17-11-10-15-8-4-5-9-16(15)19-13-18-12-14-6-2-1-3-7-14/h1-9,17H,10-13H2. The predicted molar refractivity (Wildman–Crippen MR) is 74.0 cm³/mol. The van der Waals surface area contributed by atoms with E-state index < -0.39 is 0 Å². The van der Waals surface area contributed by atoms with Crippen molar-refractivity contribution in [1.29, 1.82) is 0 Å². The van der Waals surface area contributed by atoms with Crippen molar-refractivity contribution >= 4 is 0 Å². The van der Waals surface area contributed by atoms with Crippen molar-refractivity contribution in [1.82, 2.24) is 0 Å². The molecule has 0 spiro atoms. The molecule has 0 atom stereocenters. The average molecular weight is 258 g/mol. The van der Waals surface area contributed by atoms with Crippen molar-refractivity contribution in [3.63, 3.8) is 0 Å². The van der Waals surface area contributed by atoms with E-state index in [1.807, 2.05) is 54.6 Å². The number of ether oxygens (including phenoxy) is 2. The second-order valence-corrected chi connectivity index (χ2v) is 4.18. The number of benzene rings is 2. The second kappa shape index (κ2) is 7.56. The fraction of sp³-hybridized carbons (Fsp3) is 0.250. The van der Waals surface area contributed by atoms with Gasteiger partial charge in [-0.25, -0.2) is 0 Å². The summed E-state index contributed by atoms with van der Waals surface area (Å²) < 4.78 is 11.1. The highest BCUT2D eigenvalue weighted by Crippen LogP contribution is 2.18. The zero-order chi connectivity index (χ0) is 13.3. The van der Waals surface area contributed by atoms with Crippen molar-refractivity contribution in [2.24, 2.45) is 0 Å². The minimum atomic E-state index is 0.116. The summed E-state index contributed by atoms with van der Waals surface area (Å²) in [4.78, 5) is 0. The lowest BCUT2D eigenvalue weighted by atomic mass is 10.1. The van der Waals surface area contributed by atoms with E-state index in [0.29, 0.717) is 13.0 Å². The van der Waals surface area contributed by atoms with Gasteiger partial charge in [0.2, 0.25) is 0 Å². The highest BCUT2D eigenvalue weighted by Gasteiger charge is 2.02. The van der Waals surface area contributed by atoms with E-state index in [0.717, 1.165) is 16.9 Å². The van der Waals surface area contributed by atoms with Gasteiger partial charge >= 0.3 is 0 Å². The fourth-order valence-corrected chi connectivity index (χ4v) is 1.81. The molecule has 0 fully saturated rings. The van der Waals surface area contributed by atoms with Crippen LogP contribution in [0.2, 0.25) is 0 Å². The van der Waals surface area contributed by atoms with E-state index in [4.69, 9.17) is 14.6 Å². The lowest BCUT2D eigenvalue weighted by Crippen LogP contribution is -2.05. The number of aliphatic hydroxyl groups excluding tert-OH is 1. The van der Waals surface area contributed by atoms with E-state index in [1.165, 1.54) is 0 Å². The lowest BCUT2D eigenvalue weighted by Gasteiger charge is -2.11. The summed E-state index contributed by atoms with van der Waals surface area (Å²) in [5.41, 5.74) is 2.11. The Balaban J connectivity index is 1.79. The van der Waals surface area contributed by atoms with Gasteiger partial charge in [-0.1, -0.05) is 48.5 Å². The molecule has 0 heterocycles. The summed E-state index contributed by atoms with van der Waals surface area (Å²) in [7, 11) is 0. The maximum absolute atomic E-state index is 8.98. The summed E-state index contributed by atoms with van der Waals surface area (Å²) in [6, 6.07) is 17.6. The smallest absolute Gasteiger partial charge is 0.189 e. The topological polar surface area (TPSA) is 38.7 Å². The monoisotopic (exact) mass is 258 g/mol. The van der Waals surface area contributed by atoms with Gasteiger partial charge in [-0.3, -0.25) is 0 Å². The van der Waals surface area contributed by atoms with Crippen LogP contribution in [-0.2, 0) is 17.8 Å². The maximum Gasteiger partial charge on any atom is 0.189 e. The molecule has 3 heteroatoms. The van der Waals surface area contributed by atoms with Crippen molar-refractivity contribution in [3.8, 4) is 5.75 Å². The van der Waals surface area contributed by atoms with Crippen molar-refractivity contribution < 1.29 is 14.6 Å². The summed E-state index contributed by atoms with van der Waals surface area (Å²) in [5.74, 6) is 0.768. The van der Waals surface area contributed by atoms with E-state index in [2.05, 4.69) is 0 Å². The van der Waals surface area contributed by atoms with E-state index in [1.54, 1.807) is 0 Å². The van der Waals surface area contributed by atoms with Crippen LogP contribution in [-0.4, -0.2) is 18.5 Å². The molecule has 0 unspecified atom stereocenters. The van der Waals surface area contributed by atoms with Crippen molar-refractivity contribution in [2.45, 2.75) is 13.0 Å². The molecule has 0 amide bonds. The Morgan fingerprint density at radius 3 is 2.42 bits per heavy atom. The van der Waals surface area contributed by atoms with Crippen LogP contribution < -0.4 is 4.74 Å². The molecule has 3 nitrogen and oxygen atoms in total. The minimum absolute atomic E-state index is 0.116. The van der Waals surface area contributed by atoms with Crippen LogP contribution in [0.15, 0.2) is 54.6 Å². The van der Waals surface area contributed by atoms with Crippen molar-refractivity contribution in [2.75, 3.05) is 13.4 Å². The van der Waals surface area contributed by atoms with Gasteiger partial charge < -0.3 is 14.6 Å². The average Bonchev–Trinajstić information content (AvgIpc) is 2.47. The summed E-state index contributed by atoms with van der Waals surface area (Å²) in [6.07, 6.45) is 0.592. The van der Waals surface area contributed by atoms with E-state index in [-0.39, 0.29) is 13.4 Å². The van der Waals surface area contributed by atoms with Gasteiger partial charge in [0, 0.05) is 6.61 Å². The molecule has 0 aliphatic carbocycles. The molecule has 0 saturated carbocycles. The predicted octanol–water partition coefficient (Wildman–Crippen LogP) is 2.77. The third-order valence-electron chi connectivity index (χ3n) is 2.76. The Bertz CT molecular complexity index is 482. The van der Waals surface area contributed by atoms with E-state index in [9.17, 15) is 0 Å². The molecule has 2 rings (SSSR count). The van der Waals surface area contributed by atoms with Gasteiger partial charge in [0.1, 0.15) is 5.75 Å².